The average Bonchev–Trinajstić information content (AvgIpc) is 3.41. The Balaban J connectivity index is 1.12. The molecule has 0 saturated carbocycles. The molecule has 1 amide bonds. The number of amides is 1. The number of nitrogens with zero attached hydrogens (tertiary/aromatic N) is 3. The first kappa shape index (κ1) is 18.6. The van der Waals surface area contributed by atoms with Crippen molar-refractivity contribution in [2.75, 3.05) is 31.6 Å². The van der Waals surface area contributed by atoms with E-state index in [-0.39, 0.29) is 24.4 Å². The number of fused-ring (bicyclic) bond motifs is 6. The smallest absolute Gasteiger partial charge is 0.414 e. The van der Waals surface area contributed by atoms with E-state index in [9.17, 15) is 4.79 Å². The number of rotatable bonds is 4. The molecule has 158 valence electrons. The Bertz CT molecular complexity index is 1070. The van der Waals surface area contributed by atoms with Gasteiger partial charge in [0.25, 0.3) is 5.95 Å². The van der Waals surface area contributed by atoms with Gasteiger partial charge in [-0.05, 0) is 59.3 Å². The summed E-state index contributed by atoms with van der Waals surface area (Å²) in [6, 6.07) is 16.5. The molecular weight excluding hydrogens is 392 g/mol. The summed E-state index contributed by atoms with van der Waals surface area (Å²) in [5.41, 5.74) is 4.77. The van der Waals surface area contributed by atoms with Crippen molar-refractivity contribution >= 4 is 12.0 Å². The molecule has 3 aliphatic heterocycles. The molecule has 31 heavy (non-hydrogen) atoms. The molecule has 3 fully saturated rings. The van der Waals surface area contributed by atoms with Gasteiger partial charge in [-0.2, -0.15) is 4.98 Å². The van der Waals surface area contributed by atoms with Crippen molar-refractivity contribution in [3.05, 3.63) is 65.5 Å². The topological polar surface area (TPSA) is 80.5 Å². The summed E-state index contributed by atoms with van der Waals surface area (Å²) < 4.78 is 11.0. The van der Waals surface area contributed by atoms with Crippen molar-refractivity contribution in [1.82, 2.24) is 15.0 Å². The Morgan fingerprint density at radius 1 is 1.06 bits per heavy atom. The Labute approximate surface area is 180 Å². The van der Waals surface area contributed by atoms with Crippen LogP contribution in [0.2, 0.25) is 0 Å². The van der Waals surface area contributed by atoms with Crippen molar-refractivity contribution < 1.29 is 14.1 Å². The van der Waals surface area contributed by atoms with Gasteiger partial charge in [0, 0.05) is 12.5 Å². The highest BCUT2D eigenvalue weighted by molar-refractivity contribution is 5.83. The molecule has 2 aromatic carbocycles. The van der Waals surface area contributed by atoms with Gasteiger partial charge < -0.3 is 14.2 Å². The van der Waals surface area contributed by atoms with Gasteiger partial charge in [-0.1, -0.05) is 48.5 Å². The van der Waals surface area contributed by atoms with E-state index >= 15 is 0 Å². The Morgan fingerprint density at radius 3 is 2.39 bits per heavy atom. The standard InChI is InChI=1S/C24H24N4O3/c29-24(26-23-25-22(31-27-23)20-13-28-11-9-15(20)10-12-28)30-14-21-18-7-3-1-5-16(18)17-6-2-4-8-19(17)21/h1-8,15,20-21H,9-14H2,(H,26,27,29). The maximum atomic E-state index is 12.4. The van der Waals surface area contributed by atoms with Gasteiger partial charge in [0.2, 0.25) is 5.89 Å². The fourth-order valence-electron chi connectivity index (χ4n) is 5.41. The van der Waals surface area contributed by atoms with E-state index in [4.69, 9.17) is 9.26 Å². The van der Waals surface area contributed by atoms with E-state index in [2.05, 4.69) is 44.6 Å². The molecule has 7 rings (SSSR count). The van der Waals surface area contributed by atoms with Crippen LogP contribution in [-0.4, -0.2) is 47.4 Å². The number of hydrogen-bond acceptors (Lipinski definition) is 6. The molecule has 2 bridgehead atoms. The first-order chi connectivity index (χ1) is 15.3. The molecule has 1 aromatic heterocycles. The van der Waals surface area contributed by atoms with Crippen LogP contribution >= 0.6 is 0 Å². The van der Waals surface area contributed by atoms with Gasteiger partial charge in [0.1, 0.15) is 6.61 Å². The fraction of sp³-hybridized carbons (Fsp3) is 0.375. The number of piperidine rings is 3. The van der Waals surface area contributed by atoms with Crippen LogP contribution in [0.3, 0.4) is 0 Å². The summed E-state index contributed by atoms with van der Waals surface area (Å²) >= 11 is 0. The second-order valence-electron chi connectivity index (χ2n) is 8.65. The second kappa shape index (κ2) is 7.50. The predicted octanol–water partition coefficient (Wildman–Crippen LogP) is 4.24. The van der Waals surface area contributed by atoms with E-state index in [1.54, 1.807) is 0 Å². The third-order valence-corrected chi connectivity index (χ3v) is 6.97. The first-order valence-electron chi connectivity index (χ1n) is 10.9. The van der Waals surface area contributed by atoms with E-state index in [1.165, 1.54) is 35.1 Å². The summed E-state index contributed by atoms with van der Waals surface area (Å²) in [6.45, 7) is 3.52. The Morgan fingerprint density at radius 2 is 1.74 bits per heavy atom. The van der Waals surface area contributed by atoms with Crippen LogP contribution in [0.25, 0.3) is 11.1 Å². The minimum absolute atomic E-state index is 0.0193. The number of carbonyl (C=O) groups excluding carboxylic acids is 1. The quantitative estimate of drug-likeness (QED) is 0.685. The summed E-state index contributed by atoms with van der Waals surface area (Å²) in [4.78, 5) is 19.3. The molecule has 4 aliphatic rings. The highest BCUT2D eigenvalue weighted by atomic mass is 16.5. The minimum atomic E-state index is -0.567. The SMILES string of the molecule is O=C(Nc1noc(C2CN3CCC2CC3)n1)OCC1c2ccccc2-c2ccccc21. The Hall–Kier alpha value is -3.19. The van der Waals surface area contributed by atoms with Crippen molar-refractivity contribution in [2.24, 2.45) is 5.92 Å². The summed E-state index contributed by atoms with van der Waals surface area (Å²) in [6.07, 6.45) is 1.77. The number of carbonyl (C=O) groups is 1. The van der Waals surface area contributed by atoms with Crippen LogP contribution in [0.1, 0.15) is 41.7 Å². The molecule has 1 N–H and O–H groups in total. The second-order valence-corrected chi connectivity index (χ2v) is 8.65. The zero-order chi connectivity index (χ0) is 20.8. The molecule has 3 saturated heterocycles. The molecular formula is C24H24N4O3. The molecule has 0 spiro atoms. The number of ether oxygens (including phenoxy) is 1. The van der Waals surface area contributed by atoms with Crippen molar-refractivity contribution in [1.29, 1.82) is 0 Å². The molecule has 0 radical (unpaired) electrons. The first-order valence-corrected chi connectivity index (χ1v) is 10.9. The third-order valence-electron chi connectivity index (χ3n) is 6.97. The number of anilines is 1. The van der Waals surface area contributed by atoms with Crippen LogP contribution in [0, 0.1) is 5.92 Å². The largest absolute Gasteiger partial charge is 0.448 e. The lowest BCUT2D eigenvalue weighted by atomic mass is 9.79. The maximum Gasteiger partial charge on any atom is 0.414 e. The highest BCUT2D eigenvalue weighted by Crippen LogP contribution is 2.44. The zero-order valence-electron chi connectivity index (χ0n) is 17.2. The van der Waals surface area contributed by atoms with Crippen molar-refractivity contribution in [3.63, 3.8) is 0 Å². The lowest BCUT2D eigenvalue weighted by Gasteiger charge is -2.43. The van der Waals surface area contributed by atoms with E-state index < -0.39 is 6.09 Å². The van der Waals surface area contributed by atoms with Gasteiger partial charge in [-0.25, -0.2) is 4.79 Å². The summed E-state index contributed by atoms with van der Waals surface area (Å²) in [5.74, 6) is 1.65. The molecule has 7 nitrogen and oxygen atoms in total. The number of hydrogen-bond donors (Lipinski definition) is 1. The van der Waals surface area contributed by atoms with E-state index in [0.717, 1.165) is 19.6 Å². The molecule has 1 atom stereocenters. The maximum absolute atomic E-state index is 12.4. The van der Waals surface area contributed by atoms with E-state index in [1.807, 2.05) is 24.3 Å². The number of aromatic nitrogens is 2. The molecule has 7 heteroatoms. The van der Waals surface area contributed by atoms with Gasteiger partial charge in [0.05, 0.1) is 5.92 Å². The number of benzene rings is 2. The monoisotopic (exact) mass is 416 g/mol. The van der Waals surface area contributed by atoms with Crippen molar-refractivity contribution in [2.45, 2.75) is 24.7 Å². The predicted molar refractivity (Wildman–Crippen MR) is 115 cm³/mol. The van der Waals surface area contributed by atoms with Gasteiger partial charge in [-0.3, -0.25) is 5.32 Å². The van der Waals surface area contributed by atoms with Crippen LogP contribution in [0.15, 0.2) is 53.1 Å². The van der Waals surface area contributed by atoms with Crippen molar-refractivity contribution in [3.8, 4) is 11.1 Å². The van der Waals surface area contributed by atoms with Crippen LogP contribution < -0.4 is 5.32 Å². The third kappa shape index (κ3) is 3.29. The lowest BCUT2D eigenvalue weighted by molar-refractivity contribution is 0.0727. The highest BCUT2D eigenvalue weighted by Gasteiger charge is 2.38. The van der Waals surface area contributed by atoms with Gasteiger partial charge >= 0.3 is 6.09 Å². The average molecular weight is 416 g/mol. The lowest BCUT2D eigenvalue weighted by Crippen LogP contribution is -2.46. The molecule has 3 aromatic rings. The Kier molecular flexibility index (Phi) is 4.49. The minimum Gasteiger partial charge on any atom is -0.448 e. The van der Waals surface area contributed by atoms with Crippen LogP contribution in [0.4, 0.5) is 10.7 Å². The molecule has 4 heterocycles. The number of nitrogens with one attached hydrogen (secondary N) is 1. The molecule has 1 aliphatic carbocycles. The van der Waals surface area contributed by atoms with Gasteiger partial charge in [-0.15, -0.1) is 0 Å². The van der Waals surface area contributed by atoms with E-state index in [0.29, 0.717) is 11.8 Å². The van der Waals surface area contributed by atoms with Crippen LogP contribution in [0.5, 0.6) is 0 Å². The normalized spacial score (nSPS) is 23.9. The summed E-state index contributed by atoms with van der Waals surface area (Å²) in [7, 11) is 0. The molecule has 1 unspecified atom stereocenters. The fourth-order valence-corrected chi connectivity index (χ4v) is 5.41. The van der Waals surface area contributed by atoms with Crippen LogP contribution in [-0.2, 0) is 4.74 Å². The zero-order valence-corrected chi connectivity index (χ0v) is 17.2. The van der Waals surface area contributed by atoms with Gasteiger partial charge in [0.15, 0.2) is 0 Å². The summed E-state index contributed by atoms with van der Waals surface area (Å²) in [5, 5.41) is 6.58.